The van der Waals surface area contributed by atoms with E-state index in [0.29, 0.717) is 6.04 Å². The third-order valence-electron chi connectivity index (χ3n) is 2.41. The quantitative estimate of drug-likeness (QED) is 0.771. The molecule has 16 heavy (non-hydrogen) atoms. The fourth-order valence-corrected chi connectivity index (χ4v) is 1.49. The average Bonchev–Trinajstić information content (AvgIpc) is 2.27. The maximum absolute atomic E-state index is 8.73. The lowest BCUT2D eigenvalue weighted by Gasteiger charge is -2.16. The summed E-state index contributed by atoms with van der Waals surface area (Å²) in [5, 5.41) is 12.1. The number of anilines is 2. The fourth-order valence-electron chi connectivity index (χ4n) is 1.49. The molecule has 1 aromatic heterocycles. The van der Waals surface area contributed by atoms with Crippen molar-refractivity contribution in [2.45, 2.75) is 25.8 Å². The monoisotopic (exact) mass is 223 g/mol. The van der Waals surface area contributed by atoms with Crippen LogP contribution in [-0.2, 0) is 0 Å². The minimum atomic E-state index is 0.254. The Labute approximate surface area is 97.3 Å². The number of rotatable bonds is 6. The molecule has 1 rings (SSSR count). The molecule has 0 aliphatic rings. The van der Waals surface area contributed by atoms with Crippen molar-refractivity contribution in [3.05, 3.63) is 18.3 Å². The molecule has 0 aliphatic heterocycles. The van der Waals surface area contributed by atoms with Gasteiger partial charge in [0.1, 0.15) is 5.82 Å². The van der Waals surface area contributed by atoms with Gasteiger partial charge in [0.05, 0.1) is 11.9 Å². The molecule has 2 N–H and O–H groups in total. The SMILES string of the molecule is CC(CCCO)Nc1ccc(N(C)C)nc1. The van der Waals surface area contributed by atoms with Crippen LogP contribution in [-0.4, -0.2) is 36.8 Å². The van der Waals surface area contributed by atoms with Crippen molar-refractivity contribution in [3.63, 3.8) is 0 Å². The summed E-state index contributed by atoms with van der Waals surface area (Å²) in [6.45, 7) is 2.36. The van der Waals surface area contributed by atoms with E-state index in [-0.39, 0.29) is 6.61 Å². The van der Waals surface area contributed by atoms with Gasteiger partial charge in [-0.3, -0.25) is 0 Å². The van der Waals surface area contributed by atoms with Gasteiger partial charge in [-0.25, -0.2) is 4.98 Å². The topological polar surface area (TPSA) is 48.4 Å². The van der Waals surface area contributed by atoms with Gasteiger partial charge in [0.15, 0.2) is 0 Å². The van der Waals surface area contributed by atoms with Gasteiger partial charge in [0, 0.05) is 26.7 Å². The molecule has 0 spiro atoms. The molecular formula is C12H21N3O. The minimum absolute atomic E-state index is 0.254. The Kier molecular flexibility index (Phi) is 5.05. The predicted octanol–water partition coefficient (Wildman–Crippen LogP) is 1.72. The zero-order valence-corrected chi connectivity index (χ0v) is 10.3. The van der Waals surface area contributed by atoms with Gasteiger partial charge in [-0.1, -0.05) is 0 Å². The largest absolute Gasteiger partial charge is 0.396 e. The first-order valence-corrected chi connectivity index (χ1v) is 5.64. The summed E-state index contributed by atoms with van der Waals surface area (Å²) < 4.78 is 0. The Balaban J connectivity index is 2.48. The van der Waals surface area contributed by atoms with Crippen molar-refractivity contribution in [1.29, 1.82) is 0 Å². The van der Waals surface area contributed by atoms with E-state index in [9.17, 15) is 0 Å². The van der Waals surface area contributed by atoms with E-state index in [4.69, 9.17) is 5.11 Å². The normalized spacial score (nSPS) is 12.2. The van der Waals surface area contributed by atoms with Crippen LogP contribution in [0.3, 0.4) is 0 Å². The number of pyridine rings is 1. The van der Waals surface area contributed by atoms with Crippen molar-refractivity contribution < 1.29 is 5.11 Å². The highest BCUT2D eigenvalue weighted by Gasteiger charge is 2.02. The lowest BCUT2D eigenvalue weighted by Crippen LogP contribution is -2.16. The molecule has 0 saturated heterocycles. The maximum atomic E-state index is 8.73. The first-order chi connectivity index (χ1) is 7.63. The number of aromatic nitrogens is 1. The summed E-state index contributed by atoms with van der Waals surface area (Å²) in [6.07, 6.45) is 3.63. The number of aliphatic hydroxyl groups is 1. The van der Waals surface area contributed by atoms with Crippen molar-refractivity contribution in [3.8, 4) is 0 Å². The summed E-state index contributed by atoms with van der Waals surface area (Å²) in [5.41, 5.74) is 1.02. The third kappa shape index (κ3) is 4.06. The highest BCUT2D eigenvalue weighted by atomic mass is 16.2. The lowest BCUT2D eigenvalue weighted by molar-refractivity contribution is 0.282. The van der Waals surface area contributed by atoms with Crippen molar-refractivity contribution in [2.24, 2.45) is 0 Å². The number of hydrogen-bond acceptors (Lipinski definition) is 4. The average molecular weight is 223 g/mol. The van der Waals surface area contributed by atoms with Crippen LogP contribution in [0, 0.1) is 0 Å². The van der Waals surface area contributed by atoms with E-state index in [1.807, 2.05) is 37.3 Å². The second-order valence-corrected chi connectivity index (χ2v) is 4.21. The van der Waals surface area contributed by atoms with E-state index in [0.717, 1.165) is 24.3 Å². The van der Waals surface area contributed by atoms with Crippen molar-refractivity contribution >= 4 is 11.5 Å². The van der Waals surface area contributed by atoms with Crippen LogP contribution >= 0.6 is 0 Å². The minimum Gasteiger partial charge on any atom is -0.396 e. The van der Waals surface area contributed by atoms with Crippen molar-refractivity contribution in [2.75, 3.05) is 30.9 Å². The lowest BCUT2D eigenvalue weighted by atomic mass is 10.2. The van der Waals surface area contributed by atoms with Gasteiger partial charge >= 0.3 is 0 Å². The molecule has 4 heteroatoms. The Morgan fingerprint density at radius 2 is 2.19 bits per heavy atom. The summed E-state index contributed by atoms with van der Waals surface area (Å²) in [4.78, 5) is 6.30. The highest BCUT2D eigenvalue weighted by Crippen LogP contribution is 2.13. The predicted molar refractivity (Wildman–Crippen MR) is 68.0 cm³/mol. The van der Waals surface area contributed by atoms with Gasteiger partial charge in [0.2, 0.25) is 0 Å². The van der Waals surface area contributed by atoms with Crippen LogP contribution in [0.1, 0.15) is 19.8 Å². The van der Waals surface area contributed by atoms with E-state index >= 15 is 0 Å². The Morgan fingerprint density at radius 1 is 1.44 bits per heavy atom. The standard InChI is InChI=1S/C12H21N3O/c1-10(5-4-8-16)14-11-6-7-12(13-9-11)15(2)3/h6-7,9-10,14,16H,4-5,8H2,1-3H3. The van der Waals surface area contributed by atoms with Crippen LogP contribution in [0.2, 0.25) is 0 Å². The molecule has 1 aromatic rings. The second-order valence-electron chi connectivity index (χ2n) is 4.21. The molecule has 1 unspecified atom stereocenters. The van der Waals surface area contributed by atoms with Gasteiger partial charge in [0.25, 0.3) is 0 Å². The Hall–Kier alpha value is -1.29. The zero-order chi connectivity index (χ0) is 12.0. The van der Waals surface area contributed by atoms with E-state index < -0.39 is 0 Å². The number of hydrogen-bond donors (Lipinski definition) is 2. The first kappa shape index (κ1) is 12.8. The Morgan fingerprint density at radius 3 is 2.69 bits per heavy atom. The molecule has 0 bridgehead atoms. The van der Waals surface area contributed by atoms with Crippen LogP contribution < -0.4 is 10.2 Å². The third-order valence-corrected chi connectivity index (χ3v) is 2.41. The van der Waals surface area contributed by atoms with Crippen LogP contribution in [0.25, 0.3) is 0 Å². The molecular weight excluding hydrogens is 202 g/mol. The fraction of sp³-hybridized carbons (Fsp3) is 0.583. The van der Waals surface area contributed by atoms with Gasteiger partial charge in [-0.05, 0) is 31.9 Å². The van der Waals surface area contributed by atoms with Gasteiger partial charge in [-0.15, -0.1) is 0 Å². The molecule has 4 nitrogen and oxygen atoms in total. The summed E-state index contributed by atoms with van der Waals surface area (Å²) in [6, 6.07) is 4.37. The van der Waals surface area contributed by atoms with E-state index in [2.05, 4.69) is 17.2 Å². The zero-order valence-electron chi connectivity index (χ0n) is 10.3. The summed E-state index contributed by atoms with van der Waals surface area (Å²) in [7, 11) is 3.94. The first-order valence-electron chi connectivity index (χ1n) is 5.64. The molecule has 90 valence electrons. The van der Waals surface area contributed by atoms with Gasteiger partial charge < -0.3 is 15.3 Å². The number of aliphatic hydroxyl groups excluding tert-OH is 1. The molecule has 1 heterocycles. The van der Waals surface area contributed by atoms with E-state index in [1.165, 1.54) is 0 Å². The summed E-state index contributed by atoms with van der Waals surface area (Å²) >= 11 is 0. The molecule has 1 atom stereocenters. The maximum Gasteiger partial charge on any atom is 0.128 e. The summed E-state index contributed by atoms with van der Waals surface area (Å²) in [5.74, 6) is 0.952. The Bertz CT molecular complexity index is 298. The van der Waals surface area contributed by atoms with Crippen LogP contribution in [0.4, 0.5) is 11.5 Å². The highest BCUT2D eigenvalue weighted by molar-refractivity contribution is 5.48. The second kappa shape index (κ2) is 6.33. The molecule has 0 radical (unpaired) electrons. The van der Waals surface area contributed by atoms with Crippen LogP contribution in [0.15, 0.2) is 18.3 Å². The smallest absolute Gasteiger partial charge is 0.128 e. The van der Waals surface area contributed by atoms with E-state index in [1.54, 1.807) is 0 Å². The molecule has 0 saturated carbocycles. The number of nitrogens with zero attached hydrogens (tertiary/aromatic N) is 2. The van der Waals surface area contributed by atoms with Crippen molar-refractivity contribution in [1.82, 2.24) is 4.98 Å². The number of nitrogens with one attached hydrogen (secondary N) is 1. The molecule has 0 aromatic carbocycles. The van der Waals surface area contributed by atoms with Crippen LogP contribution in [0.5, 0.6) is 0 Å². The molecule has 0 aliphatic carbocycles. The molecule has 0 amide bonds. The van der Waals surface area contributed by atoms with Gasteiger partial charge in [-0.2, -0.15) is 0 Å². The molecule has 0 fully saturated rings.